The molecule has 12 heavy (non-hydrogen) atoms. The summed E-state index contributed by atoms with van der Waals surface area (Å²) in [5.41, 5.74) is 0. The van der Waals surface area contributed by atoms with Crippen molar-refractivity contribution < 1.29 is 9.53 Å². The molecule has 0 aromatic heterocycles. The van der Waals surface area contributed by atoms with E-state index in [2.05, 4.69) is 45.0 Å². The van der Waals surface area contributed by atoms with E-state index in [-0.39, 0.29) is 10.6 Å². The summed E-state index contributed by atoms with van der Waals surface area (Å²) in [6, 6.07) is 0. The Balaban J connectivity index is 3.47. The van der Waals surface area contributed by atoms with Gasteiger partial charge in [-0.05, 0) is 0 Å². The number of ether oxygens (including phenoxy) is 1. The average Bonchev–Trinajstić information content (AvgIpc) is 1.96. The first-order chi connectivity index (χ1) is 5.52. The van der Waals surface area contributed by atoms with Crippen LogP contribution in [0.3, 0.4) is 0 Å². The fourth-order valence-corrected chi connectivity index (χ4v) is 2.39. The van der Waals surface area contributed by atoms with Gasteiger partial charge >= 0.3 is 99.5 Å². The standard InChI is InChI=1S/C7H8Br2O2Te/c1-5(8)3-11-7(10)12-4-6(2)9/h1-4H2. The summed E-state index contributed by atoms with van der Waals surface area (Å²) in [7, 11) is 0. The maximum absolute atomic E-state index is 11.0. The van der Waals surface area contributed by atoms with Gasteiger partial charge in [-0.2, -0.15) is 0 Å². The van der Waals surface area contributed by atoms with Crippen molar-refractivity contribution in [2.75, 3.05) is 6.61 Å². The van der Waals surface area contributed by atoms with Crippen molar-refractivity contribution in [2.45, 2.75) is 4.47 Å². The van der Waals surface area contributed by atoms with Gasteiger partial charge in [-0.15, -0.1) is 0 Å². The van der Waals surface area contributed by atoms with Gasteiger partial charge in [0.2, 0.25) is 0 Å². The number of halogens is 2. The number of rotatable bonds is 5. The Morgan fingerprint density at radius 1 is 1.33 bits per heavy atom. The maximum atomic E-state index is 11.0. The fourth-order valence-electron chi connectivity index (χ4n) is 0.316. The number of carbonyl (C=O) groups excluding carboxylic acids is 1. The number of allylic oxidation sites excluding steroid dienone is 1. The van der Waals surface area contributed by atoms with Crippen molar-refractivity contribution in [3.63, 3.8) is 0 Å². The molecule has 0 saturated heterocycles. The Morgan fingerprint density at radius 2 is 1.92 bits per heavy atom. The van der Waals surface area contributed by atoms with E-state index in [1.165, 1.54) is 0 Å². The SMILES string of the molecule is C=C(Br)COC(=O)[Te]CC(=C)Br. The molecule has 2 nitrogen and oxygen atoms in total. The zero-order chi connectivity index (χ0) is 9.56. The average molecular weight is 412 g/mol. The molecule has 0 fully saturated rings. The Hall–Kier alpha value is 0.700. The summed E-state index contributed by atoms with van der Waals surface area (Å²) in [5, 5.41) is 0. The van der Waals surface area contributed by atoms with Gasteiger partial charge in [0.15, 0.2) is 0 Å². The Labute approximate surface area is 98.8 Å². The summed E-state index contributed by atoms with van der Waals surface area (Å²) in [4.78, 5) is 11.0. The molecule has 0 rings (SSSR count). The molecular formula is C7H8Br2O2Te. The quantitative estimate of drug-likeness (QED) is 0.650. The van der Waals surface area contributed by atoms with Crippen LogP contribution in [0, 0.1) is 0 Å². The van der Waals surface area contributed by atoms with Crippen molar-refractivity contribution >= 4 is 56.8 Å². The molecule has 0 unspecified atom stereocenters. The summed E-state index contributed by atoms with van der Waals surface area (Å²) < 4.78 is 7.03. The van der Waals surface area contributed by atoms with E-state index in [0.717, 1.165) is 8.95 Å². The topological polar surface area (TPSA) is 26.3 Å². The second-order valence-corrected chi connectivity index (χ2v) is 6.70. The molecule has 68 valence electrons. The van der Waals surface area contributed by atoms with Gasteiger partial charge in [-0.1, -0.05) is 0 Å². The molecule has 0 heterocycles. The van der Waals surface area contributed by atoms with E-state index < -0.39 is 20.9 Å². The zero-order valence-electron chi connectivity index (χ0n) is 6.31. The van der Waals surface area contributed by atoms with Crippen molar-refractivity contribution in [3.8, 4) is 0 Å². The van der Waals surface area contributed by atoms with Gasteiger partial charge in [0, 0.05) is 0 Å². The third kappa shape index (κ3) is 8.79. The molecule has 0 amide bonds. The van der Waals surface area contributed by atoms with Crippen LogP contribution in [0.5, 0.6) is 0 Å². The van der Waals surface area contributed by atoms with Gasteiger partial charge < -0.3 is 0 Å². The molecule has 0 aliphatic heterocycles. The molecule has 0 N–H and O–H groups in total. The van der Waals surface area contributed by atoms with Gasteiger partial charge in [-0.3, -0.25) is 0 Å². The fraction of sp³-hybridized carbons (Fsp3) is 0.286. The predicted octanol–water partition coefficient (Wildman–Crippen LogP) is 3.06. The van der Waals surface area contributed by atoms with E-state index in [1.807, 2.05) is 0 Å². The van der Waals surface area contributed by atoms with Gasteiger partial charge in [0.1, 0.15) is 0 Å². The number of hydrogen-bond acceptors (Lipinski definition) is 2. The molecule has 0 radical (unpaired) electrons. The summed E-state index contributed by atoms with van der Waals surface area (Å²) in [6.07, 6.45) is 0. The molecule has 0 aromatic carbocycles. The van der Waals surface area contributed by atoms with Crippen molar-refractivity contribution in [1.82, 2.24) is 0 Å². The molecule has 0 spiro atoms. The predicted molar refractivity (Wildman–Crippen MR) is 58.0 cm³/mol. The Bertz CT molecular complexity index is 184. The van der Waals surface area contributed by atoms with Gasteiger partial charge in [0.25, 0.3) is 0 Å². The summed E-state index contributed by atoms with van der Waals surface area (Å²) >= 11 is 5.54. The molecule has 0 bridgehead atoms. The van der Waals surface area contributed by atoms with E-state index in [0.29, 0.717) is 4.48 Å². The first-order valence-electron chi connectivity index (χ1n) is 2.98. The van der Waals surface area contributed by atoms with Crippen LogP contribution in [-0.2, 0) is 4.74 Å². The monoisotopic (exact) mass is 412 g/mol. The first-order valence-corrected chi connectivity index (χ1v) is 7.38. The second kappa shape index (κ2) is 7.14. The van der Waals surface area contributed by atoms with E-state index in [9.17, 15) is 4.79 Å². The van der Waals surface area contributed by atoms with Crippen LogP contribution in [-0.4, -0.2) is 31.5 Å². The molecule has 0 aromatic rings. The van der Waals surface area contributed by atoms with Gasteiger partial charge in [0.05, 0.1) is 0 Å². The van der Waals surface area contributed by atoms with Crippen LogP contribution >= 0.6 is 31.9 Å². The molecule has 0 saturated carbocycles. The first kappa shape index (κ1) is 12.7. The number of carbonyl (C=O) groups is 1. The molecule has 0 aliphatic carbocycles. The second-order valence-electron chi connectivity index (χ2n) is 1.86. The minimum atomic E-state index is -0.749. The van der Waals surface area contributed by atoms with Gasteiger partial charge in [-0.25, -0.2) is 0 Å². The van der Waals surface area contributed by atoms with Crippen LogP contribution in [0.4, 0.5) is 4.79 Å². The third-order valence-electron chi connectivity index (χ3n) is 0.693. The van der Waals surface area contributed by atoms with Crippen LogP contribution < -0.4 is 0 Å². The van der Waals surface area contributed by atoms with Crippen LogP contribution in [0.1, 0.15) is 0 Å². The van der Waals surface area contributed by atoms with Crippen LogP contribution in [0.2, 0.25) is 4.47 Å². The van der Waals surface area contributed by atoms with E-state index >= 15 is 0 Å². The Kier molecular flexibility index (Phi) is 7.55. The summed E-state index contributed by atoms with van der Waals surface area (Å²) in [6.45, 7) is 7.45. The van der Waals surface area contributed by atoms with Crippen molar-refractivity contribution in [2.24, 2.45) is 0 Å². The molecular weight excluding hydrogens is 403 g/mol. The molecule has 5 heteroatoms. The molecule has 0 atom stereocenters. The van der Waals surface area contributed by atoms with E-state index in [1.54, 1.807) is 0 Å². The van der Waals surface area contributed by atoms with Crippen molar-refractivity contribution in [1.29, 1.82) is 0 Å². The van der Waals surface area contributed by atoms with E-state index in [4.69, 9.17) is 4.74 Å². The zero-order valence-corrected chi connectivity index (χ0v) is 11.8. The minimum absolute atomic E-state index is 0.110. The third-order valence-corrected chi connectivity index (χ3v) is 4.77. The Morgan fingerprint density at radius 3 is 2.33 bits per heavy atom. The van der Waals surface area contributed by atoms with Crippen molar-refractivity contribution in [3.05, 3.63) is 22.1 Å². The van der Waals surface area contributed by atoms with Crippen LogP contribution in [0.15, 0.2) is 22.1 Å². The van der Waals surface area contributed by atoms with Crippen LogP contribution in [0.25, 0.3) is 0 Å². The summed E-state index contributed by atoms with van der Waals surface area (Å²) in [5.74, 6) is 0. The normalized spacial score (nSPS) is 9.17. The number of hydrogen-bond donors (Lipinski definition) is 0. The molecule has 0 aliphatic rings.